The lowest BCUT2D eigenvalue weighted by molar-refractivity contribution is 0.631. The third kappa shape index (κ3) is 2.20. The predicted octanol–water partition coefficient (Wildman–Crippen LogP) is 3.11. The van der Waals surface area contributed by atoms with E-state index in [1.54, 1.807) is 0 Å². The second-order valence-corrected chi connectivity index (χ2v) is 6.12. The van der Waals surface area contributed by atoms with Gasteiger partial charge in [-0.05, 0) is 30.4 Å². The molecule has 3 N–H and O–H groups in total. The lowest BCUT2D eigenvalue weighted by atomic mass is 9.77. The second kappa shape index (κ2) is 5.11. The number of fused-ring (bicyclic) bond motifs is 1. The van der Waals surface area contributed by atoms with E-state index in [2.05, 4.69) is 34.7 Å². The second-order valence-electron chi connectivity index (χ2n) is 6.12. The van der Waals surface area contributed by atoms with Crippen molar-refractivity contribution in [2.24, 2.45) is 5.84 Å². The Hall–Kier alpha value is -1.94. The minimum absolute atomic E-state index is 0.328. The first-order valence-electron chi connectivity index (χ1n) is 7.78. The number of nitrogens with two attached hydrogens (primary N) is 1. The van der Waals surface area contributed by atoms with E-state index in [1.807, 2.05) is 6.07 Å². The molecule has 1 fully saturated rings. The largest absolute Gasteiger partial charge is 0.308 e. The molecule has 1 atom stereocenters. The van der Waals surface area contributed by atoms with Crippen LogP contribution in [-0.4, -0.2) is 9.97 Å². The highest BCUT2D eigenvalue weighted by Crippen LogP contribution is 2.40. The summed E-state index contributed by atoms with van der Waals surface area (Å²) in [5.41, 5.74) is 6.65. The summed E-state index contributed by atoms with van der Waals surface area (Å²) in [6.07, 6.45) is 6.13. The Morgan fingerprint density at radius 3 is 2.67 bits per heavy atom. The summed E-state index contributed by atoms with van der Waals surface area (Å²) in [6.45, 7) is 0. The van der Waals surface area contributed by atoms with Gasteiger partial charge in [-0.2, -0.15) is 0 Å². The molecular formula is C17H20N4. The van der Waals surface area contributed by atoms with Crippen molar-refractivity contribution in [3.8, 4) is 0 Å². The van der Waals surface area contributed by atoms with Crippen molar-refractivity contribution >= 4 is 5.82 Å². The zero-order chi connectivity index (χ0) is 14.2. The van der Waals surface area contributed by atoms with Crippen LogP contribution in [0.15, 0.2) is 30.3 Å². The molecule has 0 bridgehead atoms. The molecule has 0 saturated heterocycles. The average Bonchev–Trinajstić information content (AvgIpc) is 3.02. The van der Waals surface area contributed by atoms with Crippen LogP contribution in [0.25, 0.3) is 0 Å². The molecule has 2 aliphatic rings. The van der Waals surface area contributed by atoms with Gasteiger partial charge in [0, 0.05) is 23.6 Å². The first-order valence-corrected chi connectivity index (χ1v) is 7.78. The van der Waals surface area contributed by atoms with E-state index in [4.69, 9.17) is 10.8 Å². The summed E-state index contributed by atoms with van der Waals surface area (Å²) in [6, 6.07) is 10.6. The van der Waals surface area contributed by atoms with Crippen LogP contribution in [0, 0.1) is 0 Å². The smallest absolute Gasteiger partial charge is 0.143 e. The lowest BCUT2D eigenvalue weighted by Crippen LogP contribution is -2.22. The molecule has 0 aliphatic heterocycles. The molecule has 4 heteroatoms. The van der Waals surface area contributed by atoms with E-state index in [-0.39, 0.29) is 0 Å². The maximum Gasteiger partial charge on any atom is 0.143 e. The van der Waals surface area contributed by atoms with Crippen LogP contribution in [0.3, 0.4) is 0 Å². The molecule has 0 spiro atoms. The fourth-order valence-electron chi connectivity index (χ4n) is 3.63. The SMILES string of the molecule is NNc1cc(C2CCCC2)nc(C2Cc3ccccc32)n1. The molecule has 1 heterocycles. The molecule has 21 heavy (non-hydrogen) atoms. The lowest BCUT2D eigenvalue weighted by Gasteiger charge is -2.29. The van der Waals surface area contributed by atoms with Gasteiger partial charge in [0.15, 0.2) is 0 Å². The van der Waals surface area contributed by atoms with Crippen molar-refractivity contribution in [3.05, 3.63) is 53.0 Å². The Morgan fingerprint density at radius 2 is 1.90 bits per heavy atom. The number of anilines is 1. The molecule has 1 aromatic heterocycles. The molecule has 108 valence electrons. The van der Waals surface area contributed by atoms with Crippen molar-refractivity contribution in [2.45, 2.75) is 43.9 Å². The number of nitrogen functional groups attached to an aromatic ring is 1. The van der Waals surface area contributed by atoms with Gasteiger partial charge in [-0.3, -0.25) is 0 Å². The standard InChI is InChI=1S/C17H20N4/c18-21-16-10-15(11-5-1-2-6-11)19-17(20-16)14-9-12-7-3-4-8-13(12)14/h3-4,7-8,10-11,14H,1-2,5-6,9,18H2,(H,19,20,21). The first-order chi connectivity index (χ1) is 10.3. The zero-order valence-electron chi connectivity index (χ0n) is 12.0. The van der Waals surface area contributed by atoms with Gasteiger partial charge in [0.05, 0.1) is 0 Å². The van der Waals surface area contributed by atoms with Gasteiger partial charge in [-0.15, -0.1) is 0 Å². The minimum Gasteiger partial charge on any atom is -0.308 e. The maximum absolute atomic E-state index is 5.60. The van der Waals surface area contributed by atoms with Gasteiger partial charge >= 0.3 is 0 Å². The summed E-state index contributed by atoms with van der Waals surface area (Å²) in [5.74, 6) is 8.17. The van der Waals surface area contributed by atoms with Gasteiger partial charge in [0.2, 0.25) is 0 Å². The number of hydrogen-bond acceptors (Lipinski definition) is 4. The van der Waals surface area contributed by atoms with Crippen LogP contribution in [0.5, 0.6) is 0 Å². The van der Waals surface area contributed by atoms with E-state index in [0.29, 0.717) is 11.8 Å². The number of nitrogens with zero attached hydrogens (tertiary/aromatic N) is 2. The fraction of sp³-hybridized carbons (Fsp3) is 0.412. The number of aromatic nitrogens is 2. The van der Waals surface area contributed by atoms with E-state index in [0.717, 1.165) is 23.8 Å². The normalized spacial score (nSPS) is 20.9. The molecule has 1 aromatic carbocycles. The van der Waals surface area contributed by atoms with E-state index < -0.39 is 0 Å². The Balaban J connectivity index is 1.70. The van der Waals surface area contributed by atoms with Crippen LogP contribution < -0.4 is 11.3 Å². The highest BCUT2D eigenvalue weighted by molar-refractivity contribution is 5.46. The van der Waals surface area contributed by atoms with Crippen molar-refractivity contribution in [3.63, 3.8) is 0 Å². The molecule has 0 radical (unpaired) electrons. The van der Waals surface area contributed by atoms with Crippen molar-refractivity contribution in [2.75, 3.05) is 5.43 Å². The summed E-state index contributed by atoms with van der Waals surface area (Å²) in [7, 11) is 0. The predicted molar refractivity (Wildman–Crippen MR) is 83.0 cm³/mol. The van der Waals surface area contributed by atoms with Crippen LogP contribution >= 0.6 is 0 Å². The molecule has 4 nitrogen and oxygen atoms in total. The first kappa shape index (κ1) is 12.8. The van der Waals surface area contributed by atoms with Crippen LogP contribution in [0.1, 0.15) is 60.2 Å². The van der Waals surface area contributed by atoms with E-state index >= 15 is 0 Å². The molecule has 1 unspecified atom stereocenters. The Morgan fingerprint density at radius 1 is 1.10 bits per heavy atom. The number of nitrogens with one attached hydrogen (secondary N) is 1. The van der Waals surface area contributed by atoms with Crippen molar-refractivity contribution in [1.29, 1.82) is 0 Å². The molecule has 4 rings (SSSR count). The third-order valence-electron chi connectivity index (χ3n) is 4.85. The highest BCUT2D eigenvalue weighted by atomic mass is 15.3. The Kier molecular flexibility index (Phi) is 3.11. The van der Waals surface area contributed by atoms with Crippen LogP contribution in [-0.2, 0) is 6.42 Å². The monoisotopic (exact) mass is 280 g/mol. The topological polar surface area (TPSA) is 63.8 Å². The van der Waals surface area contributed by atoms with Crippen molar-refractivity contribution in [1.82, 2.24) is 9.97 Å². The van der Waals surface area contributed by atoms with Gasteiger partial charge in [0.25, 0.3) is 0 Å². The fourth-order valence-corrected chi connectivity index (χ4v) is 3.63. The molecular weight excluding hydrogens is 260 g/mol. The van der Waals surface area contributed by atoms with Crippen LogP contribution in [0.2, 0.25) is 0 Å². The van der Waals surface area contributed by atoms with Gasteiger partial charge in [-0.1, -0.05) is 37.1 Å². The van der Waals surface area contributed by atoms with Gasteiger partial charge in [0.1, 0.15) is 11.6 Å². The Labute approximate surface area is 124 Å². The van der Waals surface area contributed by atoms with E-state index in [9.17, 15) is 0 Å². The summed E-state index contributed by atoms with van der Waals surface area (Å²) in [5, 5.41) is 0. The number of rotatable bonds is 3. The molecule has 2 aliphatic carbocycles. The average molecular weight is 280 g/mol. The molecule has 1 saturated carbocycles. The minimum atomic E-state index is 0.328. The van der Waals surface area contributed by atoms with Crippen molar-refractivity contribution < 1.29 is 0 Å². The summed E-state index contributed by atoms with van der Waals surface area (Å²) < 4.78 is 0. The molecule has 0 amide bonds. The van der Waals surface area contributed by atoms with Gasteiger partial charge < -0.3 is 5.43 Å². The third-order valence-corrected chi connectivity index (χ3v) is 4.85. The van der Waals surface area contributed by atoms with E-state index in [1.165, 1.54) is 36.8 Å². The maximum atomic E-state index is 5.60. The zero-order valence-corrected chi connectivity index (χ0v) is 12.0. The van der Waals surface area contributed by atoms with Crippen LogP contribution in [0.4, 0.5) is 5.82 Å². The van der Waals surface area contributed by atoms with Gasteiger partial charge in [-0.25, -0.2) is 15.8 Å². The number of hydrogen-bond donors (Lipinski definition) is 2. The summed E-state index contributed by atoms with van der Waals surface area (Å²) >= 11 is 0. The summed E-state index contributed by atoms with van der Waals surface area (Å²) in [4.78, 5) is 9.47. The Bertz CT molecular complexity index is 662. The highest BCUT2D eigenvalue weighted by Gasteiger charge is 2.30. The number of benzene rings is 1. The molecule has 2 aromatic rings. The quantitative estimate of drug-likeness (QED) is 0.670. The number of hydrazine groups is 1.